The van der Waals surface area contributed by atoms with Crippen molar-refractivity contribution in [3.63, 3.8) is 0 Å². The maximum absolute atomic E-state index is 5.95. The van der Waals surface area contributed by atoms with Crippen molar-refractivity contribution in [3.05, 3.63) is 34.9 Å². The highest BCUT2D eigenvalue weighted by molar-refractivity contribution is 6.30. The van der Waals surface area contributed by atoms with Crippen LogP contribution in [0.15, 0.2) is 24.3 Å². The number of ether oxygens (including phenoxy) is 1. The van der Waals surface area contributed by atoms with Gasteiger partial charge in [0.25, 0.3) is 0 Å². The Morgan fingerprint density at radius 1 is 1.50 bits per heavy atom. The second kappa shape index (κ2) is 3.89. The molecule has 3 heteroatoms. The lowest BCUT2D eigenvalue weighted by molar-refractivity contribution is -0.0572. The Morgan fingerprint density at radius 2 is 2.36 bits per heavy atom. The molecule has 14 heavy (non-hydrogen) atoms. The molecule has 1 atom stereocenters. The zero-order valence-corrected chi connectivity index (χ0v) is 8.97. The van der Waals surface area contributed by atoms with E-state index in [4.69, 9.17) is 16.3 Å². The molecule has 1 saturated heterocycles. The SMILES string of the molecule is C[C@@]1(c2cccc(Cl)c2)CNCCO1. The fourth-order valence-electron chi connectivity index (χ4n) is 1.73. The molecule has 0 bridgehead atoms. The Hall–Kier alpha value is -0.570. The summed E-state index contributed by atoms with van der Waals surface area (Å²) in [4.78, 5) is 0. The summed E-state index contributed by atoms with van der Waals surface area (Å²) in [5, 5.41) is 4.09. The molecule has 0 aliphatic carbocycles. The average molecular weight is 212 g/mol. The van der Waals surface area contributed by atoms with Crippen LogP contribution in [0.5, 0.6) is 0 Å². The van der Waals surface area contributed by atoms with Gasteiger partial charge in [-0.15, -0.1) is 0 Å². The summed E-state index contributed by atoms with van der Waals surface area (Å²) in [7, 11) is 0. The van der Waals surface area contributed by atoms with Gasteiger partial charge >= 0.3 is 0 Å². The molecule has 0 aromatic heterocycles. The normalized spacial score (nSPS) is 27.6. The molecule has 0 radical (unpaired) electrons. The van der Waals surface area contributed by atoms with Crippen molar-refractivity contribution in [3.8, 4) is 0 Å². The third-order valence-electron chi connectivity index (χ3n) is 2.60. The van der Waals surface area contributed by atoms with Crippen molar-refractivity contribution in [1.29, 1.82) is 0 Å². The molecule has 1 aromatic rings. The van der Waals surface area contributed by atoms with E-state index in [0.29, 0.717) is 0 Å². The Balaban J connectivity index is 2.28. The summed E-state index contributed by atoms with van der Waals surface area (Å²) < 4.78 is 5.79. The van der Waals surface area contributed by atoms with Gasteiger partial charge in [0.1, 0.15) is 5.60 Å². The lowest BCUT2D eigenvalue weighted by Crippen LogP contribution is -2.45. The minimum atomic E-state index is -0.233. The predicted octanol–water partition coefficient (Wildman–Crippen LogP) is 2.17. The van der Waals surface area contributed by atoms with Crippen LogP contribution in [0.3, 0.4) is 0 Å². The first-order valence-corrected chi connectivity index (χ1v) is 5.19. The molecular weight excluding hydrogens is 198 g/mol. The highest BCUT2D eigenvalue weighted by Gasteiger charge is 2.29. The van der Waals surface area contributed by atoms with Gasteiger partial charge in [-0.2, -0.15) is 0 Å². The smallest absolute Gasteiger partial charge is 0.103 e. The number of rotatable bonds is 1. The average Bonchev–Trinajstić information content (AvgIpc) is 2.19. The van der Waals surface area contributed by atoms with Crippen molar-refractivity contribution in [2.75, 3.05) is 19.7 Å². The number of hydrogen-bond donors (Lipinski definition) is 1. The molecule has 0 spiro atoms. The van der Waals surface area contributed by atoms with E-state index in [1.54, 1.807) is 0 Å². The van der Waals surface area contributed by atoms with Crippen LogP contribution in [-0.4, -0.2) is 19.7 Å². The van der Waals surface area contributed by atoms with Crippen molar-refractivity contribution in [1.82, 2.24) is 5.32 Å². The molecular formula is C11H14ClNO. The van der Waals surface area contributed by atoms with E-state index in [1.165, 1.54) is 0 Å². The van der Waals surface area contributed by atoms with Crippen molar-refractivity contribution in [2.24, 2.45) is 0 Å². The van der Waals surface area contributed by atoms with Gasteiger partial charge in [0.15, 0.2) is 0 Å². The van der Waals surface area contributed by atoms with Crippen LogP contribution in [0, 0.1) is 0 Å². The molecule has 1 fully saturated rings. The van der Waals surface area contributed by atoms with Gasteiger partial charge in [0, 0.05) is 18.1 Å². The molecule has 1 heterocycles. The largest absolute Gasteiger partial charge is 0.368 e. The fourth-order valence-corrected chi connectivity index (χ4v) is 1.92. The van der Waals surface area contributed by atoms with E-state index in [2.05, 4.69) is 18.3 Å². The quantitative estimate of drug-likeness (QED) is 0.769. The molecule has 0 amide bonds. The monoisotopic (exact) mass is 211 g/mol. The molecule has 1 aliphatic heterocycles. The van der Waals surface area contributed by atoms with E-state index in [9.17, 15) is 0 Å². The Bertz CT molecular complexity index is 321. The van der Waals surface area contributed by atoms with Crippen molar-refractivity contribution >= 4 is 11.6 Å². The van der Waals surface area contributed by atoms with Gasteiger partial charge in [0.2, 0.25) is 0 Å². The van der Waals surface area contributed by atoms with Crippen LogP contribution in [0.4, 0.5) is 0 Å². The van der Waals surface area contributed by atoms with Gasteiger partial charge in [-0.25, -0.2) is 0 Å². The topological polar surface area (TPSA) is 21.3 Å². The summed E-state index contributed by atoms with van der Waals surface area (Å²) in [5.74, 6) is 0. The minimum absolute atomic E-state index is 0.233. The third kappa shape index (κ3) is 1.92. The molecule has 1 aromatic carbocycles. The molecule has 0 unspecified atom stereocenters. The summed E-state index contributed by atoms with van der Waals surface area (Å²) in [5.41, 5.74) is 0.903. The van der Waals surface area contributed by atoms with Crippen molar-refractivity contribution in [2.45, 2.75) is 12.5 Å². The first-order chi connectivity index (χ1) is 6.71. The summed E-state index contributed by atoms with van der Waals surface area (Å²) in [6.45, 7) is 4.61. The first-order valence-electron chi connectivity index (χ1n) is 4.81. The van der Waals surface area contributed by atoms with Gasteiger partial charge in [-0.3, -0.25) is 0 Å². The van der Waals surface area contributed by atoms with Gasteiger partial charge in [-0.1, -0.05) is 23.7 Å². The van der Waals surface area contributed by atoms with Crippen LogP contribution < -0.4 is 5.32 Å². The fraction of sp³-hybridized carbons (Fsp3) is 0.455. The number of halogens is 1. The predicted molar refractivity (Wildman–Crippen MR) is 57.6 cm³/mol. The van der Waals surface area contributed by atoms with E-state index >= 15 is 0 Å². The van der Waals surface area contributed by atoms with E-state index in [-0.39, 0.29) is 5.60 Å². The van der Waals surface area contributed by atoms with Crippen LogP contribution >= 0.6 is 11.6 Å². The molecule has 2 rings (SSSR count). The highest BCUT2D eigenvalue weighted by Crippen LogP contribution is 2.28. The Kier molecular flexibility index (Phi) is 2.77. The minimum Gasteiger partial charge on any atom is -0.368 e. The summed E-state index contributed by atoms with van der Waals surface area (Å²) in [6.07, 6.45) is 0. The van der Waals surface area contributed by atoms with E-state index in [1.807, 2.05) is 18.2 Å². The Morgan fingerprint density at radius 3 is 3.00 bits per heavy atom. The first kappa shape index (κ1) is 9.97. The van der Waals surface area contributed by atoms with Crippen LogP contribution in [0.1, 0.15) is 12.5 Å². The highest BCUT2D eigenvalue weighted by atomic mass is 35.5. The molecule has 76 valence electrons. The van der Waals surface area contributed by atoms with E-state index in [0.717, 1.165) is 30.3 Å². The Labute approximate surface area is 89.2 Å². The van der Waals surface area contributed by atoms with Gasteiger partial charge in [0.05, 0.1) is 6.61 Å². The number of nitrogens with one attached hydrogen (secondary N) is 1. The standard InChI is InChI=1S/C11H14ClNO/c1-11(8-13-5-6-14-11)9-3-2-4-10(12)7-9/h2-4,7,13H,5-6,8H2,1H3/t11-/m0/s1. The maximum Gasteiger partial charge on any atom is 0.103 e. The maximum atomic E-state index is 5.95. The lowest BCUT2D eigenvalue weighted by Gasteiger charge is -2.34. The van der Waals surface area contributed by atoms with E-state index < -0.39 is 0 Å². The molecule has 0 saturated carbocycles. The summed E-state index contributed by atoms with van der Waals surface area (Å²) in [6, 6.07) is 7.86. The zero-order chi connectivity index (χ0) is 10.0. The zero-order valence-electron chi connectivity index (χ0n) is 8.22. The number of morpholine rings is 1. The van der Waals surface area contributed by atoms with Gasteiger partial charge < -0.3 is 10.1 Å². The molecule has 1 aliphatic rings. The second-order valence-corrected chi connectivity index (χ2v) is 4.20. The van der Waals surface area contributed by atoms with Crippen LogP contribution in [0.2, 0.25) is 5.02 Å². The third-order valence-corrected chi connectivity index (χ3v) is 2.83. The molecule has 2 nitrogen and oxygen atoms in total. The lowest BCUT2D eigenvalue weighted by atomic mass is 9.95. The summed E-state index contributed by atoms with van der Waals surface area (Å²) >= 11 is 5.95. The van der Waals surface area contributed by atoms with Gasteiger partial charge in [-0.05, 0) is 24.6 Å². The number of benzene rings is 1. The molecule has 1 N–H and O–H groups in total. The van der Waals surface area contributed by atoms with Crippen LogP contribution in [-0.2, 0) is 10.3 Å². The number of hydrogen-bond acceptors (Lipinski definition) is 2. The second-order valence-electron chi connectivity index (χ2n) is 3.77. The van der Waals surface area contributed by atoms with Crippen LogP contribution in [0.25, 0.3) is 0 Å². The van der Waals surface area contributed by atoms with Crippen molar-refractivity contribution < 1.29 is 4.74 Å².